The van der Waals surface area contributed by atoms with Crippen molar-refractivity contribution in [1.29, 1.82) is 5.26 Å². The molecule has 1 aliphatic rings. The average molecular weight is 271 g/mol. The molecule has 1 unspecified atom stereocenters. The maximum atomic E-state index is 9.15. The molecule has 1 aromatic heterocycles. The molecule has 1 aliphatic heterocycles. The lowest BCUT2D eigenvalue weighted by molar-refractivity contribution is 0.298. The number of rotatable bonds is 2. The molecule has 0 aliphatic carbocycles. The lowest BCUT2D eigenvalue weighted by atomic mass is 10.2. The summed E-state index contributed by atoms with van der Waals surface area (Å²) in [6, 6.07) is 6.41. The van der Waals surface area contributed by atoms with Crippen molar-refractivity contribution in [3.8, 4) is 6.07 Å². The number of nitrogens with zero attached hydrogens (tertiary/aromatic N) is 2. The third kappa shape index (κ3) is 2.00. The normalized spacial score (nSPS) is 19.4. The summed E-state index contributed by atoms with van der Waals surface area (Å²) in [5.74, 6) is 0. The predicted octanol–water partition coefficient (Wildman–Crippen LogP) is 3.17. The Kier molecular flexibility index (Phi) is 3.22. The van der Waals surface area contributed by atoms with Crippen LogP contribution in [0, 0.1) is 11.3 Å². The molecular weight excluding hydrogens is 260 g/mol. The maximum absolute atomic E-state index is 9.15. The minimum atomic E-state index is -0.0335. The Morgan fingerprint density at radius 1 is 1.43 bits per heavy atom. The van der Waals surface area contributed by atoms with Crippen molar-refractivity contribution in [1.82, 2.24) is 4.90 Å². The topological polar surface area (TPSA) is 27.0 Å². The van der Waals surface area contributed by atoms with Gasteiger partial charge in [0.2, 0.25) is 0 Å². The lowest BCUT2D eigenvalue weighted by Gasteiger charge is -2.19. The van der Waals surface area contributed by atoms with E-state index in [2.05, 4.69) is 26.9 Å². The highest BCUT2D eigenvalue weighted by Crippen LogP contribution is 2.32. The van der Waals surface area contributed by atoms with Crippen LogP contribution in [0.25, 0.3) is 0 Å². The van der Waals surface area contributed by atoms with Crippen LogP contribution in [0.1, 0.15) is 23.8 Å². The van der Waals surface area contributed by atoms with E-state index in [1.54, 1.807) is 11.3 Å². The highest BCUT2D eigenvalue weighted by Gasteiger charge is 2.24. The molecule has 0 N–H and O–H groups in total. The fourth-order valence-corrected chi connectivity index (χ4v) is 3.30. The fourth-order valence-electron chi connectivity index (χ4n) is 1.80. The Balaban J connectivity index is 2.17. The monoisotopic (exact) mass is 270 g/mol. The second-order valence-corrected chi connectivity index (χ2v) is 5.91. The van der Waals surface area contributed by atoms with Gasteiger partial charge in [0.15, 0.2) is 0 Å². The molecule has 0 amide bonds. The molecular formula is C10H11BrN2S. The van der Waals surface area contributed by atoms with E-state index >= 15 is 0 Å². The van der Waals surface area contributed by atoms with Crippen molar-refractivity contribution >= 4 is 27.3 Å². The zero-order chi connectivity index (χ0) is 9.97. The Hall–Kier alpha value is -0.370. The number of thiophene rings is 1. The SMILES string of the molecule is N#CC(c1ccc(Br)s1)N1CCCC1. The van der Waals surface area contributed by atoms with E-state index in [1.807, 2.05) is 12.1 Å². The Morgan fingerprint density at radius 3 is 2.64 bits per heavy atom. The zero-order valence-corrected chi connectivity index (χ0v) is 10.1. The molecule has 4 heteroatoms. The molecule has 1 atom stereocenters. The number of halogens is 1. The van der Waals surface area contributed by atoms with E-state index in [4.69, 9.17) is 5.26 Å². The Morgan fingerprint density at radius 2 is 2.14 bits per heavy atom. The van der Waals surface area contributed by atoms with Gasteiger partial charge in [-0.3, -0.25) is 4.90 Å². The maximum Gasteiger partial charge on any atom is 0.133 e. The van der Waals surface area contributed by atoms with Crippen LogP contribution in [0.3, 0.4) is 0 Å². The van der Waals surface area contributed by atoms with Gasteiger partial charge in [-0.25, -0.2) is 0 Å². The van der Waals surface area contributed by atoms with Gasteiger partial charge in [0.1, 0.15) is 6.04 Å². The van der Waals surface area contributed by atoms with Crippen molar-refractivity contribution < 1.29 is 0 Å². The summed E-state index contributed by atoms with van der Waals surface area (Å²) in [5, 5.41) is 9.15. The predicted molar refractivity (Wildman–Crippen MR) is 61.2 cm³/mol. The quantitative estimate of drug-likeness (QED) is 0.826. The third-order valence-corrected chi connectivity index (χ3v) is 4.17. The summed E-state index contributed by atoms with van der Waals surface area (Å²) in [5.41, 5.74) is 0. The van der Waals surface area contributed by atoms with Gasteiger partial charge in [-0.1, -0.05) is 0 Å². The van der Waals surface area contributed by atoms with Crippen LogP contribution >= 0.6 is 27.3 Å². The van der Waals surface area contributed by atoms with Gasteiger partial charge in [-0.05, 0) is 54.0 Å². The van der Waals surface area contributed by atoms with E-state index in [0.29, 0.717) is 0 Å². The molecule has 2 nitrogen and oxygen atoms in total. The third-order valence-electron chi connectivity index (χ3n) is 2.49. The number of hydrogen-bond acceptors (Lipinski definition) is 3. The smallest absolute Gasteiger partial charge is 0.133 e. The van der Waals surface area contributed by atoms with Crippen molar-refractivity contribution in [2.75, 3.05) is 13.1 Å². The van der Waals surface area contributed by atoms with Gasteiger partial charge < -0.3 is 0 Å². The highest BCUT2D eigenvalue weighted by molar-refractivity contribution is 9.11. The first-order valence-corrected chi connectivity index (χ1v) is 6.31. The van der Waals surface area contributed by atoms with Gasteiger partial charge in [-0.2, -0.15) is 5.26 Å². The van der Waals surface area contributed by atoms with Gasteiger partial charge in [0.25, 0.3) is 0 Å². The largest absolute Gasteiger partial charge is 0.284 e. The summed E-state index contributed by atoms with van der Waals surface area (Å²) in [7, 11) is 0. The van der Waals surface area contributed by atoms with E-state index in [1.165, 1.54) is 12.8 Å². The standard InChI is InChI=1S/C10H11BrN2S/c11-10-4-3-9(14-10)8(7-12)13-5-1-2-6-13/h3-4,8H,1-2,5-6H2. The minimum Gasteiger partial charge on any atom is -0.284 e. The van der Waals surface area contributed by atoms with Crippen molar-refractivity contribution in [2.24, 2.45) is 0 Å². The first kappa shape index (κ1) is 10.2. The molecule has 1 fully saturated rings. The van der Waals surface area contributed by atoms with Crippen molar-refractivity contribution in [3.63, 3.8) is 0 Å². The molecule has 74 valence electrons. The molecule has 14 heavy (non-hydrogen) atoms. The molecule has 1 saturated heterocycles. The van der Waals surface area contributed by atoms with Gasteiger partial charge in [0, 0.05) is 4.88 Å². The summed E-state index contributed by atoms with van der Waals surface area (Å²) in [4.78, 5) is 3.42. The van der Waals surface area contributed by atoms with E-state index in [0.717, 1.165) is 21.8 Å². The van der Waals surface area contributed by atoms with E-state index in [-0.39, 0.29) is 6.04 Å². The van der Waals surface area contributed by atoms with Crippen LogP contribution in [0.4, 0.5) is 0 Å². The number of hydrogen-bond donors (Lipinski definition) is 0. The molecule has 0 saturated carbocycles. The molecule has 1 aromatic rings. The summed E-state index contributed by atoms with van der Waals surface area (Å²) in [6.07, 6.45) is 2.45. The number of likely N-dealkylation sites (tertiary alicyclic amines) is 1. The van der Waals surface area contributed by atoms with Gasteiger partial charge in [0.05, 0.1) is 9.86 Å². The zero-order valence-electron chi connectivity index (χ0n) is 7.74. The van der Waals surface area contributed by atoms with E-state index in [9.17, 15) is 0 Å². The molecule has 0 aromatic carbocycles. The van der Waals surface area contributed by atoms with Gasteiger partial charge in [-0.15, -0.1) is 11.3 Å². The first-order valence-electron chi connectivity index (χ1n) is 4.70. The number of nitriles is 1. The summed E-state index contributed by atoms with van der Waals surface area (Å²) >= 11 is 5.09. The summed E-state index contributed by atoms with van der Waals surface area (Å²) in [6.45, 7) is 2.13. The minimum absolute atomic E-state index is 0.0335. The van der Waals surface area contributed by atoms with E-state index < -0.39 is 0 Å². The van der Waals surface area contributed by atoms with Crippen LogP contribution in [0.5, 0.6) is 0 Å². The average Bonchev–Trinajstić information content (AvgIpc) is 2.79. The first-order chi connectivity index (χ1) is 6.81. The highest BCUT2D eigenvalue weighted by atomic mass is 79.9. The molecule has 2 rings (SSSR count). The Labute approximate surface area is 96.3 Å². The van der Waals surface area contributed by atoms with Gasteiger partial charge >= 0.3 is 0 Å². The molecule has 2 heterocycles. The molecule has 0 bridgehead atoms. The lowest BCUT2D eigenvalue weighted by Crippen LogP contribution is -2.23. The Bertz CT molecular complexity index is 349. The second-order valence-electron chi connectivity index (χ2n) is 3.42. The van der Waals surface area contributed by atoms with Crippen LogP contribution in [0.15, 0.2) is 15.9 Å². The van der Waals surface area contributed by atoms with Crippen LogP contribution in [0.2, 0.25) is 0 Å². The van der Waals surface area contributed by atoms with Crippen LogP contribution in [-0.4, -0.2) is 18.0 Å². The summed E-state index contributed by atoms with van der Waals surface area (Å²) < 4.78 is 1.10. The molecule has 0 spiro atoms. The van der Waals surface area contributed by atoms with Crippen molar-refractivity contribution in [3.05, 3.63) is 20.8 Å². The van der Waals surface area contributed by atoms with Crippen LogP contribution in [-0.2, 0) is 0 Å². The second kappa shape index (κ2) is 4.43. The van der Waals surface area contributed by atoms with Crippen LogP contribution < -0.4 is 0 Å². The molecule has 0 radical (unpaired) electrons. The van der Waals surface area contributed by atoms with Crippen molar-refractivity contribution in [2.45, 2.75) is 18.9 Å². The fraction of sp³-hybridized carbons (Fsp3) is 0.500.